The zero-order valence-electron chi connectivity index (χ0n) is 14.7. The molecular weight excluding hydrogens is 340 g/mol. The predicted molar refractivity (Wildman–Crippen MR) is 96.1 cm³/mol. The van der Waals surface area contributed by atoms with Gasteiger partial charge in [0.15, 0.2) is 5.78 Å². The first-order chi connectivity index (χ1) is 12.0. The van der Waals surface area contributed by atoms with Gasteiger partial charge in [0, 0.05) is 13.1 Å². The van der Waals surface area contributed by atoms with E-state index >= 15 is 0 Å². The van der Waals surface area contributed by atoms with Gasteiger partial charge in [0.05, 0.1) is 31.1 Å². The van der Waals surface area contributed by atoms with Gasteiger partial charge in [-0.05, 0) is 49.9 Å². The number of rotatable bonds is 5. The molecule has 3 heterocycles. The van der Waals surface area contributed by atoms with E-state index in [1.54, 1.807) is 11.0 Å². The van der Waals surface area contributed by atoms with Gasteiger partial charge in [-0.3, -0.25) is 9.59 Å². The molecule has 3 rings (SSSR count). The number of nitrogens with zero attached hydrogens (tertiary/aromatic N) is 2. The van der Waals surface area contributed by atoms with E-state index in [1.165, 1.54) is 18.3 Å². The van der Waals surface area contributed by atoms with Crippen LogP contribution in [0.5, 0.6) is 0 Å². The van der Waals surface area contributed by atoms with E-state index in [1.807, 2.05) is 5.38 Å². The minimum atomic E-state index is -1.02. The van der Waals surface area contributed by atoms with Crippen LogP contribution in [0.3, 0.4) is 0 Å². The van der Waals surface area contributed by atoms with E-state index in [4.69, 9.17) is 4.74 Å². The van der Waals surface area contributed by atoms with Crippen LogP contribution in [0.2, 0.25) is 0 Å². The molecule has 2 fully saturated rings. The first kappa shape index (κ1) is 18.5. The summed E-state index contributed by atoms with van der Waals surface area (Å²) in [5, 5.41) is 12.8. The summed E-state index contributed by atoms with van der Waals surface area (Å²) >= 11 is 1.37. The number of ketones is 1. The van der Waals surface area contributed by atoms with Crippen LogP contribution >= 0.6 is 11.3 Å². The van der Waals surface area contributed by atoms with Crippen molar-refractivity contribution >= 4 is 23.0 Å². The van der Waals surface area contributed by atoms with E-state index in [0.717, 1.165) is 31.5 Å². The van der Waals surface area contributed by atoms with Crippen LogP contribution in [0.25, 0.3) is 0 Å². The van der Waals surface area contributed by atoms with E-state index in [9.17, 15) is 14.7 Å². The Labute approximate surface area is 152 Å². The van der Waals surface area contributed by atoms with Crippen molar-refractivity contribution in [1.29, 1.82) is 0 Å². The largest absolute Gasteiger partial charge is 0.384 e. The predicted octanol–water partition coefficient (Wildman–Crippen LogP) is 1.18. The van der Waals surface area contributed by atoms with Crippen molar-refractivity contribution in [3.8, 4) is 0 Å². The summed E-state index contributed by atoms with van der Waals surface area (Å²) < 4.78 is 5.57. The quantitative estimate of drug-likeness (QED) is 0.793. The lowest BCUT2D eigenvalue weighted by atomic mass is 10.0. The summed E-state index contributed by atoms with van der Waals surface area (Å²) in [4.78, 5) is 28.7. The topological polar surface area (TPSA) is 70.1 Å². The van der Waals surface area contributed by atoms with Gasteiger partial charge < -0.3 is 19.6 Å². The first-order valence-corrected chi connectivity index (χ1v) is 9.72. The molecule has 6 nitrogen and oxygen atoms in total. The van der Waals surface area contributed by atoms with Crippen LogP contribution in [-0.2, 0) is 16.0 Å². The molecule has 0 saturated carbocycles. The Kier molecular flexibility index (Phi) is 5.89. The van der Waals surface area contributed by atoms with Crippen molar-refractivity contribution in [1.82, 2.24) is 9.80 Å². The van der Waals surface area contributed by atoms with Crippen molar-refractivity contribution in [3.05, 3.63) is 21.9 Å². The Bertz CT molecular complexity index is 626. The Morgan fingerprint density at radius 2 is 2.08 bits per heavy atom. The molecule has 0 radical (unpaired) electrons. The van der Waals surface area contributed by atoms with Crippen molar-refractivity contribution in [3.63, 3.8) is 0 Å². The maximum absolute atomic E-state index is 12.7. The fourth-order valence-electron chi connectivity index (χ4n) is 3.52. The minimum Gasteiger partial charge on any atom is -0.384 e. The Morgan fingerprint density at radius 1 is 1.32 bits per heavy atom. The molecule has 7 heteroatoms. The second-order valence-corrected chi connectivity index (χ2v) is 8.04. The third kappa shape index (κ3) is 4.88. The molecule has 0 aliphatic carbocycles. The van der Waals surface area contributed by atoms with Crippen molar-refractivity contribution in [2.24, 2.45) is 0 Å². The highest BCUT2D eigenvalue weighted by Crippen LogP contribution is 2.20. The summed E-state index contributed by atoms with van der Waals surface area (Å²) in [6, 6.07) is 1.79. The fraction of sp³-hybridized carbons (Fsp3) is 0.667. The molecule has 25 heavy (non-hydrogen) atoms. The minimum absolute atomic E-state index is 0.0202. The van der Waals surface area contributed by atoms with Gasteiger partial charge in [-0.1, -0.05) is 0 Å². The number of hydrogen-bond acceptors (Lipinski definition) is 6. The maximum atomic E-state index is 12.7. The molecule has 0 aromatic carbocycles. The molecule has 2 aliphatic rings. The maximum Gasteiger partial charge on any atom is 0.227 e. The number of thiophene rings is 1. The Hall–Kier alpha value is -1.28. The molecule has 1 N–H and O–H groups in total. The molecule has 2 aliphatic heterocycles. The highest BCUT2D eigenvalue weighted by atomic mass is 32.1. The standard InChI is InChI=1S/C18H26N2O4S/c1-14(21)16-8-15(10-25-16)9-17(22)20-6-7-24-13-18(23,12-20)11-19-4-2-3-5-19/h8,10,23H,2-7,9,11-13H2,1H3. The zero-order chi connectivity index (χ0) is 17.9. The summed E-state index contributed by atoms with van der Waals surface area (Å²) in [5.41, 5.74) is -0.163. The lowest BCUT2D eigenvalue weighted by Crippen LogP contribution is -2.53. The molecule has 1 atom stereocenters. The molecule has 1 aromatic heterocycles. The van der Waals surface area contributed by atoms with Crippen LogP contribution in [0, 0.1) is 0 Å². The van der Waals surface area contributed by atoms with Gasteiger partial charge in [0.25, 0.3) is 0 Å². The summed E-state index contributed by atoms with van der Waals surface area (Å²) in [6.45, 7) is 5.57. The van der Waals surface area contributed by atoms with Gasteiger partial charge >= 0.3 is 0 Å². The second kappa shape index (κ2) is 7.95. The first-order valence-electron chi connectivity index (χ1n) is 8.84. The Morgan fingerprint density at radius 3 is 2.76 bits per heavy atom. The zero-order valence-corrected chi connectivity index (χ0v) is 15.5. The highest BCUT2D eigenvalue weighted by Gasteiger charge is 2.36. The number of hydrogen-bond donors (Lipinski definition) is 1. The van der Waals surface area contributed by atoms with Crippen LogP contribution in [0.15, 0.2) is 11.4 Å². The summed E-state index contributed by atoms with van der Waals surface area (Å²) in [5.74, 6) is -0.00916. The smallest absolute Gasteiger partial charge is 0.227 e. The van der Waals surface area contributed by atoms with E-state index in [0.29, 0.717) is 31.1 Å². The van der Waals surface area contributed by atoms with E-state index in [-0.39, 0.29) is 24.7 Å². The molecule has 1 unspecified atom stereocenters. The van der Waals surface area contributed by atoms with Gasteiger partial charge in [-0.15, -0.1) is 11.3 Å². The highest BCUT2D eigenvalue weighted by molar-refractivity contribution is 7.12. The third-order valence-electron chi connectivity index (χ3n) is 4.79. The number of carbonyl (C=O) groups is 2. The van der Waals surface area contributed by atoms with E-state index in [2.05, 4.69) is 4.90 Å². The monoisotopic (exact) mass is 366 g/mol. The number of β-amino-alcohol motifs (C(OH)–C–C–N with tert-alkyl or cyclic N) is 1. The van der Waals surface area contributed by atoms with Crippen LogP contribution in [-0.4, -0.2) is 78.1 Å². The number of likely N-dealkylation sites (tertiary alicyclic amines) is 1. The van der Waals surface area contributed by atoms with Gasteiger partial charge in [0.2, 0.25) is 5.91 Å². The molecule has 138 valence electrons. The number of amides is 1. The van der Waals surface area contributed by atoms with Crippen LogP contribution in [0.4, 0.5) is 0 Å². The van der Waals surface area contributed by atoms with Crippen molar-refractivity contribution in [2.45, 2.75) is 31.8 Å². The van der Waals surface area contributed by atoms with Gasteiger partial charge in [0.1, 0.15) is 5.60 Å². The van der Waals surface area contributed by atoms with E-state index < -0.39 is 5.60 Å². The normalized spacial score (nSPS) is 25.1. The summed E-state index contributed by atoms with van der Waals surface area (Å²) in [6.07, 6.45) is 2.58. The molecule has 2 saturated heterocycles. The Balaban J connectivity index is 1.62. The van der Waals surface area contributed by atoms with Gasteiger partial charge in [-0.2, -0.15) is 0 Å². The number of carbonyl (C=O) groups excluding carboxylic acids is 2. The number of aliphatic hydroxyl groups is 1. The SMILES string of the molecule is CC(=O)c1cc(CC(=O)N2CCOCC(O)(CN3CCCC3)C2)cs1. The average molecular weight is 366 g/mol. The van der Waals surface area contributed by atoms with Crippen molar-refractivity contribution < 1.29 is 19.4 Å². The lowest BCUT2D eigenvalue weighted by Gasteiger charge is -2.34. The second-order valence-electron chi connectivity index (χ2n) is 7.13. The molecule has 0 spiro atoms. The van der Waals surface area contributed by atoms with Crippen molar-refractivity contribution in [2.75, 3.05) is 45.9 Å². The third-order valence-corrected chi connectivity index (χ3v) is 5.87. The lowest BCUT2D eigenvalue weighted by molar-refractivity contribution is -0.133. The average Bonchev–Trinajstić information content (AvgIpc) is 3.18. The molecule has 1 aromatic rings. The van der Waals surface area contributed by atoms with Crippen LogP contribution < -0.4 is 0 Å². The fourth-order valence-corrected chi connectivity index (χ4v) is 4.34. The van der Waals surface area contributed by atoms with Gasteiger partial charge in [-0.25, -0.2) is 0 Å². The van der Waals surface area contributed by atoms with Crippen LogP contribution in [0.1, 0.15) is 35.0 Å². The summed E-state index contributed by atoms with van der Waals surface area (Å²) in [7, 11) is 0. The number of Topliss-reactive ketones (excluding diaryl/α,β-unsaturated/α-hetero) is 1. The molecule has 1 amide bonds. The molecule has 0 bridgehead atoms. The number of ether oxygens (including phenoxy) is 1. The molecular formula is C18H26N2O4S.